The molecule has 0 saturated heterocycles. The van der Waals surface area contributed by atoms with Crippen molar-refractivity contribution >= 4 is 23.1 Å². The molecule has 0 aliphatic rings. The Hall–Kier alpha value is -3.49. The van der Waals surface area contributed by atoms with Crippen molar-refractivity contribution in [3.05, 3.63) is 46.5 Å². The number of urea groups is 1. The summed E-state index contributed by atoms with van der Waals surface area (Å²) in [6.45, 7) is 0. The summed E-state index contributed by atoms with van der Waals surface area (Å²) >= 11 is 0. The number of rotatable bonds is 6. The topological polar surface area (TPSA) is 112 Å². The van der Waals surface area contributed by atoms with Gasteiger partial charge in [-0.05, 0) is 18.2 Å². The quantitative estimate of drug-likeness (QED) is 0.613. The first-order chi connectivity index (χ1) is 12.0. The summed E-state index contributed by atoms with van der Waals surface area (Å²) in [5.41, 5.74) is 0.309. The van der Waals surface area contributed by atoms with Gasteiger partial charge in [-0.2, -0.15) is 0 Å². The van der Waals surface area contributed by atoms with Crippen LogP contribution in [0, 0.1) is 10.1 Å². The average molecular weight is 347 g/mol. The van der Waals surface area contributed by atoms with Gasteiger partial charge >= 0.3 is 6.03 Å². The van der Waals surface area contributed by atoms with Crippen molar-refractivity contribution in [3.63, 3.8) is 0 Å². The van der Waals surface area contributed by atoms with Crippen LogP contribution in [0.5, 0.6) is 17.2 Å². The van der Waals surface area contributed by atoms with Crippen molar-refractivity contribution in [3.8, 4) is 17.2 Å². The number of amides is 2. The van der Waals surface area contributed by atoms with Crippen LogP contribution in [0.4, 0.5) is 21.9 Å². The van der Waals surface area contributed by atoms with E-state index in [-0.39, 0.29) is 17.1 Å². The average Bonchev–Trinajstić information content (AvgIpc) is 2.61. The zero-order valence-corrected chi connectivity index (χ0v) is 13.9. The van der Waals surface area contributed by atoms with E-state index < -0.39 is 11.0 Å². The van der Waals surface area contributed by atoms with Crippen LogP contribution in [0.2, 0.25) is 0 Å². The molecule has 0 atom stereocenters. The Balaban J connectivity index is 2.27. The molecule has 132 valence electrons. The highest BCUT2D eigenvalue weighted by Crippen LogP contribution is 2.35. The highest BCUT2D eigenvalue weighted by atomic mass is 16.6. The maximum atomic E-state index is 12.3. The summed E-state index contributed by atoms with van der Waals surface area (Å²) in [5, 5.41) is 16.0. The van der Waals surface area contributed by atoms with Gasteiger partial charge in [-0.15, -0.1) is 0 Å². The summed E-state index contributed by atoms with van der Waals surface area (Å²) < 4.78 is 15.5. The number of hydrogen-bond acceptors (Lipinski definition) is 6. The maximum absolute atomic E-state index is 12.3. The number of carbonyl (C=O) groups excluding carboxylic acids is 1. The van der Waals surface area contributed by atoms with E-state index in [1.165, 1.54) is 39.5 Å². The van der Waals surface area contributed by atoms with Crippen LogP contribution in [-0.4, -0.2) is 32.3 Å². The van der Waals surface area contributed by atoms with Crippen LogP contribution in [0.15, 0.2) is 36.4 Å². The molecule has 9 heteroatoms. The summed E-state index contributed by atoms with van der Waals surface area (Å²) in [6.07, 6.45) is 0. The van der Waals surface area contributed by atoms with Crippen molar-refractivity contribution in [1.82, 2.24) is 0 Å². The molecular weight excluding hydrogens is 330 g/mol. The standard InChI is InChI=1S/C16H17N3O6/c1-23-12-8-7-10(19(21)22)9-11(12)17-16(20)18-15-13(24-2)5-4-6-14(15)25-3/h4-9H,1-3H3,(H2,17,18,20). The van der Waals surface area contributed by atoms with Crippen LogP contribution in [0.1, 0.15) is 0 Å². The molecule has 2 aromatic carbocycles. The molecule has 9 nitrogen and oxygen atoms in total. The van der Waals surface area contributed by atoms with E-state index in [0.717, 1.165) is 0 Å². The predicted octanol–water partition coefficient (Wildman–Crippen LogP) is 3.26. The van der Waals surface area contributed by atoms with Crippen molar-refractivity contribution < 1.29 is 23.9 Å². The number of nitro benzene ring substituents is 1. The predicted molar refractivity (Wildman–Crippen MR) is 91.8 cm³/mol. The third kappa shape index (κ3) is 4.08. The van der Waals surface area contributed by atoms with Crippen LogP contribution in [0.3, 0.4) is 0 Å². The molecule has 0 aromatic heterocycles. The fourth-order valence-corrected chi connectivity index (χ4v) is 2.15. The van der Waals surface area contributed by atoms with Crippen molar-refractivity contribution in [1.29, 1.82) is 0 Å². The van der Waals surface area contributed by atoms with E-state index in [4.69, 9.17) is 14.2 Å². The Labute approximate surface area is 143 Å². The lowest BCUT2D eigenvalue weighted by molar-refractivity contribution is -0.384. The number of methoxy groups -OCH3 is 3. The normalized spacial score (nSPS) is 9.88. The minimum Gasteiger partial charge on any atom is -0.495 e. The highest BCUT2D eigenvalue weighted by Gasteiger charge is 2.16. The summed E-state index contributed by atoms with van der Waals surface area (Å²) in [6, 6.07) is 8.28. The third-order valence-electron chi connectivity index (χ3n) is 3.31. The van der Waals surface area contributed by atoms with Crippen LogP contribution < -0.4 is 24.8 Å². The van der Waals surface area contributed by atoms with Gasteiger partial charge < -0.3 is 24.8 Å². The van der Waals surface area contributed by atoms with Crippen LogP contribution >= 0.6 is 0 Å². The third-order valence-corrected chi connectivity index (χ3v) is 3.31. The molecule has 2 rings (SSSR count). The molecule has 0 aliphatic carbocycles. The molecule has 0 aliphatic heterocycles. The number of non-ortho nitro benzene ring substituents is 1. The van der Waals surface area contributed by atoms with Gasteiger partial charge in [0.15, 0.2) is 0 Å². The largest absolute Gasteiger partial charge is 0.495 e. The zero-order valence-electron chi connectivity index (χ0n) is 13.9. The second kappa shape index (κ2) is 7.86. The molecule has 2 aromatic rings. The van der Waals surface area contributed by atoms with Crippen molar-refractivity contribution in [2.24, 2.45) is 0 Å². The number of nitrogens with one attached hydrogen (secondary N) is 2. The second-order valence-corrected chi connectivity index (χ2v) is 4.76. The van der Waals surface area contributed by atoms with Crippen LogP contribution in [0.25, 0.3) is 0 Å². The van der Waals surface area contributed by atoms with Crippen LogP contribution in [-0.2, 0) is 0 Å². The van der Waals surface area contributed by atoms with Crippen molar-refractivity contribution in [2.45, 2.75) is 0 Å². The summed E-state index contributed by atoms with van der Waals surface area (Å²) in [7, 11) is 4.32. The molecule has 0 radical (unpaired) electrons. The molecule has 0 spiro atoms. The lowest BCUT2D eigenvalue weighted by Gasteiger charge is -2.15. The number of ether oxygens (including phenoxy) is 3. The van der Waals surface area contributed by atoms with Gasteiger partial charge in [-0.3, -0.25) is 10.1 Å². The lowest BCUT2D eigenvalue weighted by Crippen LogP contribution is -2.20. The smallest absolute Gasteiger partial charge is 0.324 e. The SMILES string of the molecule is COc1ccc([N+](=O)[O-])cc1NC(=O)Nc1c(OC)cccc1OC. The van der Waals surface area contributed by atoms with E-state index in [2.05, 4.69) is 10.6 Å². The van der Waals surface area contributed by atoms with E-state index >= 15 is 0 Å². The number of hydrogen-bond donors (Lipinski definition) is 2. The number of nitrogens with zero attached hydrogens (tertiary/aromatic N) is 1. The first-order valence-corrected chi connectivity index (χ1v) is 7.11. The number of carbonyl (C=O) groups is 1. The summed E-state index contributed by atoms with van der Waals surface area (Å²) in [5.74, 6) is 1.09. The Bertz CT molecular complexity index is 771. The maximum Gasteiger partial charge on any atom is 0.324 e. The number of anilines is 2. The minimum atomic E-state index is -0.637. The molecule has 0 saturated carbocycles. The molecular formula is C16H17N3O6. The Morgan fingerprint density at radius 3 is 2.08 bits per heavy atom. The number of nitro groups is 1. The van der Waals surface area contributed by atoms with Gasteiger partial charge in [0.2, 0.25) is 0 Å². The molecule has 0 unspecified atom stereocenters. The van der Waals surface area contributed by atoms with Gasteiger partial charge in [0.25, 0.3) is 5.69 Å². The zero-order chi connectivity index (χ0) is 18.4. The molecule has 2 amide bonds. The number of benzene rings is 2. The lowest BCUT2D eigenvalue weighted by atomic mass is 10.2. The number of para-hydroxylation sites is 1. The summed E-state index contributed by atoms with van der Waals surface area (Å²) in [4.78, 5) is 22.6. The highest BCUT2D eigenvalue weighted by molar-refractivity contribution is 6.02. The first kappa shape index (κ1) is 17.9. The molecule has 0 bridgehead atoms. The molecule has 0 fully saturated rings. The van der Waals surface area contributed by atoms with Gasteiger partial charge in [0, 0.05) is 12.1 Å². The van der Waals surface area contributed by atoms with E-state index in [9.17, 15) is 14.9 Å². The van der Waals surface area contributed by atoms with E-state index in [1.54, 1.807) is 18.2 Å². The van der Waals surface area contributed by atoms with Gasteiger partial charge in [0.1, 0.15) is 22.9 Å². The van der Waals surface area contributed by atoms with E-state index in [0.29, 0.717) is 17.2 Å². The molecule has 25 heavy (non-hydrogen) atoms. The minimum absolute atomic E-state index is 0.156. The Morgan fingerprint density at radius 2 is 1.56 bits per heavy atom. The Kier molecular flexibility index (Phi) is 5.62. The van der Waals surface area contributed by atoms with Gasteiger partial charge in [-0.1, -0.05) is 6.07 Å². The monoisotopic (exact) mass is 347 g/mol. The fraction of sp³-hybridized carbons (Fsp3) is 0.188. The second-order valence-electron chi connectivity index (χ2n) is 4.76. The van der Waals surface area contributed by atoms with Gasteiger partial charge in [0.05, 0.1) is 31.9 Å². The Morgan fingerprint density at radius 1 is 0.960 bits per heavy atom. The first-order valence-electron chi connectivity index (χ1n) is 7.11. The molecule has 0 heterocycles. The fourth-order valence-electron chi connectivity index (χ4n) is 2.15. The van der Waals surface area contributed by atoms with E-state index in [1.807, 2.05) is 0 Å². The van der Waals surface area contributed by atoms with Gasteiger partial charge in [-0.25, -0.2) is 4.79 Å². The van der Waals surface area contributed by atoms with Crippen molar-refractivity contribution in [2.75, 3.05) is 32.0 Å². The molecule has 2 N–H and O–H groups in total.